The van der Waals surface area contributed by atoms with E-state index >= 15 is 0 Å². The summed E-state index contributed by atoms with van der Waals surface area (Å²) < 4.78 is 25.5. The topological polar surface area (TPSA) is 63.7 Å². The Bertz CT molecular complexity index is 851. The molecule has 6 nitrogen and oxygen atoms in total. The third-order valence-electron chi connectivity index (χ3n) is 5.43. The minimum Gasteiger partial charge on any atom is -0.493 e. The summed E-state index contributed by atoms with van der Waals surface area (Å²) in [7, 11) is 1.64. The summed E-state index contributed by atoms with van der Waals surface area (Å²) in [5.41, 5.74) is 0.375. The molecule has 1 aliphatic heterocycles. The fourth-order valence-electron chi connectivity index (χ4n) is 3.99. The van der Waals surface area contributed by atoms with Crippen molar-refractivity contribution >= 4 is 16.8 Å². The number of methoxy groups -OCH3 is 1. The van der Waals surface area contributed by atoms with Gasteiger partial charge in [-0.25, -0.2) is 9.37 Å². The lowest BCUT2D eigenvalue weighted by Gasteiger charge is -2.34. The Hall–Kier alpha value is -2.25. The van der Waals surface area contributed by atoms with Crippen LogP contribution in [0.1, 0.15) is 50.0 Å². The number of nitrogens with one attached hydrogen (secondary N) is 1. The van der Waals surface area contributed by atoms with Crippen LogP contribution in [0, 0.1) is 5.82 Å². The van der Waals surface area contributed by atoms with Crippen molar-refractivity contribution in [1.82, 2.24) is 15.2 Å². The summed E-state index contributed by atoms with van der Waals surface area (Å²) in [5, 5.41) is 3.98. The number of hydrogen-bond donors (Lipinski definition) is 1. The molecule has 30 heavy (non-hydrogen) atoms. The fraction of sp³-hybridized carbons (Fsp3) is 0.565. The summed E-state index contributed by atoms with van der Waals surface area (Å²) in [6, 6.07) is 6.49. The van der Waals surface area contributed by atoms with Gasteiger partial charge in [0.2, 0.25) is 0 Å². The average Bonchev–Trinajstić information content (AvgIpc) is 3.00. The highest BCUT2D eigenvalue weighted by Gasteiger charge is 2.29. The molecule has 0 aliphatic carbocycles. The smallest absolute Gasteiger partial charge is 0.273 e. The summed E-state index contributed by atoms with van der Waals surface area (Å²) in [5.74, 6) is -0.177. The Morgan fingerprint density at radius 1 is 1.33 bits per heavy atom. The molecule has 0 unspecified atom stereocenters. The van der Waals surface area contributed by atoms with Gasteiger partial charge in [-0.3, -0.25) is 4.79 Å². The van der Waals surface area contributed by atoms with Gasteiger partial charge in [0.05, 0.1) is 6.61 Å². The van der Waals surface area contributed by atoms with Gasteiger partial charge in [0.15, 0.2) is 0 Å². The van der Waals surface area contributed by atoms with E-state index in [1.165, 1.54) is 6.07 Å². The predicted molar refractivity (Wildman–Crippen MR) is 116 cm³/mol. The highest BCUT2D eigenvalue weighted by Crippen LogP contribution is 2.29. The molecule has 0 saturated carbocycles. The monoisotopic (exact) mass is 417 g/mol. The van der Waals surface area contributed by atoms with E-state index in [4.69, 9.17) is 9.47 Å². The van der Waals surface area contributed by atoms with Crippen LogP contribution in [0.2, 0.25) is 0 Å². The van der Waals surface area contributed by atoms with Crippen molar-refractivity contribution in [2.24, 2.45) is 0 Å². The van der Waals surface area contributed by atoms with Crippen LogP contribution in [0.5, 0.6) is 5.75 Å². The second-order valence-corrected chi connectivity index (χ2v) is 8.00. The first-order valence-electron chi connectivity index (χ1n) is 10.8. The Morgan fingerprint density at radius 3 is 2.93 bits per heavy atom. The van der Waals surface area contributed by atoms with Gasteiger partial charge >= 0.3 is 0 Å². The number of amides is 1. The van der Waals surface area contributed by atoms with Gasteiger partial charge < -0.3 is 19.7 Å². The molecule has 1 aromatic heterocycles. The number of carbonyl (C=O) groups is 1. The van der Waals surface area contributed by atoms with Crippen LogP contribution in [-0.4, -0.2) is 61.3 Å². The number of para-hydroxylation sites is 1. The number of aromatic nitrogens is 1. The second-order valence-electron chi connectivity index (χ2n) is 8.00. The summed E-state index contributed by atoms with van der Waals surface area (Å²) in [6.07, 6.45) is 3.82. The van der Waals surface area contributed by atoms with Crippen LogP contribution in [0.3, 0.4) is 0 Å². The van der Waals surface area contributed by atoms with Gasteiger partial charge in [0, 0.05) is 50.2 Å². The number of halogens is 1. The first-order valence-corrected chi connectivity index (χ1v) is 10.8. The fourth-order valence-corrected chi connectivity index (χ4v) is 3.99. The molecule has 0 bridgehead atoms. The zero-order valence-corrected chi connectivity index (χ0v) is 18.1. The first kappa shape index (κ1) is 22.4. The minimum absolute atomic E-state index is 0.00610. The number of pyridine rings is 1. The van der Waals surface area contributed by atoms with Gasteiger partial charge in [-0.15, -0.1) is 0 Å². The number of carbonyl (C=O) groups excluding carboxylic acids is 1. The van der Waals surface area contributed by atoms with E-state index in [1.807, 2.05) is 18.7 Å². The Labute approximate surface area is 177 Å². The van der Waals surface area contributed by atoms with Gasteiger partial charge in [-0.05, 0) is 45.4 Å². The van der Waals surface area contributed by atoms with Crippen LogP contribution in [0.25, 0.3) is 10.9 Å². The number of benzene rings is 1. The van der Waals surface area contributed by atoms with Crippen molar-refractivity contribution in [2.75, 3.05) is 33.4 Å². The molecular formula is C23H32FN3O3. The standard InChI is InChI=1S/C23H32FN3O3/c1-16(2)27(17-8-4-5-11-25-15-17)23(28)20-14-21(30-13-7-12-29-3)18-9-6-10-19(24)22(18)26-20/h6,9-10,14,16-17,25H,4-5,7-8,11-13,15H2,1-3H3/t17-/m1/s1. The van der Waals surface area contributed by atoms with Gasteiger partial charge in [-0.1, -0.05) is 12.5 Å². The number of rotatable bonds is 8. The quantitative estimate of drug-likeness (QED) is 0.662. The molecule has 1 atom stereocenters. The molecule has 2 aromatic rings. The van der Waals surface area contributed by atoms with Crippen molar-refractivity contribution in [2.45, 2.75) is 51.6 Å². The zero-order valence-electron chi connectivity index (χ0n) is 18.1. The molecule has 1 aromatic carbocycles. The van der Waals surface area contributed by atoms with E-state index in [0.29, 0.717) is 30.8 Å². The lowest BCUT2D eigenvalue weighted by Crippen LogP contribution is -2.48. The maximum Gasteiger partial charge on any atom is 0.273 e. The van der Waals surface area contributed by atoms with E-state index in [1.54, 1.807) is 25.3 Å². The zero-order chi connectivity index (χ0) is 21.5. The highest BCUT2D eigenvalue weighted by atomic mass is 19.1. The molecule has 164 valence electrons. The van der Waals surface area contributed by atoms with Crippen molar-refractivity contribution < 1.29 is 18.7 Å². The Balaban J connectivity index is 1.96. The van der Waals surface area contributed by atoms with E-state index in [2.05, 4.69) is 10.3 Å². The van der Waals surface area contributed by atoms with Crippen LogP contribution >= 0.6 is 0 Å². The molecule has 1 amide bonds. The summed E-state index contributed by atoms with van der Waals surface area (Å²) in [4.78, 5) is 19.8. The molecular weight excluding hydrogens is 385 g/mol. The molecule has 2 heterocycles. The van der Waals surface area contributed by atoms with E-state index in [0.717, 1.165) is 32.4 Å². The molecule has 7 heteroatoms. The molecule has 0 radical (unpaired) electrons. The lowest BCUT2D eigenvalue weighted by molar-refractivity contribution is 0.0594. The predicted octanol–water partition coefficient (Wildman–Crippen LogP) is 3.78. The van der Waals surface area contributed by atoms with E-state index < -0.39 is 5.82 Å². The molecule has 3 rings (SSSR count). The van der Waals surface area contributed by atoms with Crippen molar-refractivity contribution in [3.05, 3.63) is 35.8 Å². The minimum atomic E-state index is -0.462. The van der Waals surface area contributed by atoms with Crippen LogP contribution in [-0.2, 0) is 4.74 Å². The summed E-state index contributed by atoms with van der Waals surface area (Å²) >= 11 is 0. The Kier molecular flexibility index (Phi) is 7.99. The third kappa shape index (κ3) is 5.26. The molecule has 1 aliphatic rings. The normalized spacial score (nSPS) is 17.2. The van der Waals surface area contributed by atoms with Crippen LogP contribution in [0.4, 0.5) is 4.39 Å². The average molecular weight is 418 g/mol. The first-order chi connectivity index (χ1) is 14.5. The van der Waals surface area contributed by atoms with Crippen LogP contribution in [0.15, 0.2) is 24.3 Å². The number of fused-ring (bicyclic) bond motifs is 1. The SMILES string of the molecule is COCCCOc1cc(C(=O)N(C(C)C)[C@@H]2CCCCNC2)nc2c(F)cccc12. The van der Waals surface area contributed by atoms with Crippen molar-refractivity contribution in [3.63, 3.8) is 0 Å². The van der Waals surface area contributed by atoms with Crippen LogP contribution < -0.4 is 10.1 Å². The molecule has 0 spiro atoms. The number of hydrogen-bond acceptors (Lipinski definition) is 5. The van der Waals surface area contributed by atoms with E-state index in [9.17, 15) is 9.18 Å². The second kappa shape index (κ2) is 10.7. The largest absolute Gasteiger partial charge is 0.493 e. The highest BCUT2D eigenvalue weighted by molar-refractivity contribution is 5.97. The Morgan fingerprint density at radius 2 is 2.17 bits per heavy atom. The lowest BCUT2D eigenvalue weighted by atomic mass is 10.1. The maximum atomic E-state index is 14.5. The summed E-state index contributed by atoms with van der Waals surface area (Å²) in [6.45, 7) is 6.72. The van der Waals surface area contributed by atoms with Crippen molar-refractivity contribution in [3.8, 4) is 5.75 Å². The molecule has 1 N–H and O–H groups in total. The number of ether oxygens (including phenoxy) is 2. The van der Waals surface area contributed by atoms with E-state index in [-0.39, 0.29) is 29.2 Å². The van der Waals surface area contributed by atoms with Gasteiger partial charge in [0.1, 0.15) is 22.8 Å². The molecule has 1 fully saturated rings. The maximum absolute atomic E-state index is 14.5. The third-order valence-corrected chi connectivity index (χ3v) is 5.43. The van der Waals surface area contributed by atoms with Gasteiger partial charge in [-0.2, -0.15) is 0 Å². The number of nitrogens with zero attached hydrogens (tertiary/aromatic N) is 2. The van der Waals surface area contributed by atoms with Gasteiger partial charge in [0.25, 0.3) is 5.91 Å². The van der Waals surface area contributed by atoms with Crippen molar-refractivity contribution in [1.29, 1.82) is 0 Å². The molecule has 1 saturated heterocycles.